The molecule has 0 N–H and O–H groups in total. The highest BCUT2D eigenvalue weighted by atomic mass is 14.6. The van der Waals surface area contributed by atoms with Crippen molar-refractivity contribution < 1.29 is 0 Å². The van der Waals surface area contributed by atoms with Gasteiger partial charge in [-0.3, -0.25) is 0 Å². The Morgan fingerprint density at radius 2 is 1.93 bits per heavy atom. The Balaban J connectivity index is 2.18. The third-order valence-corrected chi connectivity index (χ3v) is 6.36. The van der Waals surface area contributed by atoms with Crippen molar-refractivity contribution in [2.75, 3.05) is 0 Å². The van der Waals surface area contributed by atoms with E-state index < -0.39 is 0 Å². The first-order valence-corrected chi connectivity index (χ1v) is 6.69. The van der Waals surface area contributed by atoms with Crippen LogP contribution in [0.2, 0.25) is 0 Å². The molecule has 0 aromatic rings. The molecule has 0 aromatic carbocycles. The highest BCUT2D eigenvalue weighted by Crippen LogP contribution is 2.67. The van der Waals surface area contributed by atoms with Crippen LogP contribution in [0.3, 0.4) is 0 Å². The van der Waals surface area contributed by atoms with E-state index in [-0.39, 0.29) is 0 Å². The first kappa shape index (κ1) is 9.93. The summed E-state index contributed by atoms with van der Waals surface area (Å²) in [6, 6.07) is 0. The van der Waals surface area contributed by atoms with Gasteiger partial charge in [-0.1, -0.05) is 31.9 Å². The molecule has 0 aromatic heterocycles. The minimum atomic E-state index is 0.499. The average molecular weight is 204 g/mol. The zero-order valence-electron chi connectivity index (χ0n) is 10.7. The molecule has 15 heavy (non-hydrogen) atoms. The molecule has 2 fully saturated rings. The van der Waals surface area contributed by atoms with Crippen molar-refractivity contribution >= 4 is 0 Å². The van der Waals surface area contributed by atoms with Crippen LogP contribution in [0.5, 0.6) is 0 Å². The van der Waals surface area contributed by atoms with Crippen molar-refractivity contribution in [1.29, 1.82) is 0 Å². The number of allylic oxidation sites excluding steroid dienone is 2. The number of rotatable bonds is 0. The highest BCUT2D eigenvalue weighted by molar-refractivity contribution is 5.36. The van der Waals surface area contributed by atoms with Crippen LogP contribution in [0.15, 0.2) is 11.1 Å². The van der Waals surface area contributed by atoms with Gasteiger partial charge in [0.2, 0.25) is 0 Å². The summed E-state index contributed by atoms with van der Waals surface area (Å²) in [6.07, 6.45) is 7.35. The topological polar surface area (TPSA) is 0 Å². The monoisotopic (exact) mass is 204 g/mol. The zero-order valence-corrected chi connectivity index (χ0v) is 10.7. The average Bonchev–Trinajstić information content (AvgIpc) is 2.72. The Morgan fingerprint density at radius 1 is 1.20 bits per heavy atom. The largest absolute Gasteiger partial charge is 0.0676 e. The van der Waals surface area contributed by atoms with Crippen molar-refractivity contribution in [2.45, 2.75) is 59.8 Å². The first-order chi connectivity index (χ1) is 6.98. The molecule has 0 saturated heterocycles. The molecule has 3 atom stereocenters. The van der Waals surface area contributed by atoms with Gasteiger partial charge in [-0.2, -0.15) is 0 Å². The van der Waals surface area contributed by atoms with Crippen LogP contribution in [-0.4, -0.2) is 0 Å². The molecule has 84 valence electrons. The lowest BCUT2D eigenvalue weighted by Gasteiger charge is -2.44. The Morgan fingerprint density at radius 3 is 2.67 bits per heavy atom. The van der Waals surface area contributed by atoms with E-state index in [1.54, 1.807) is 5.57 Å². The van der Waals surface area contributed by atoms with Crippen LogP contribution in [-0.2, 0) is 0 Å². The molecular formula is C15H24. The van der Waals surface area contributed by atoms with E-state index in [9.17, 15) is 0 Å². The van der Waals surface area contributed by atoms with Crippen LogP contribution in [0.1, 0.15) is 59.8 Å². The van der Waals surface area contributed by atoms with Crippen LogP contribution in [0, 0.1) is 22.7 Å². The quantitative estimate of drug-likeness (QED) is 0.507. The molecule has 3 aliphatic rings. The standard InChI is InChI=1S/C15H24/c1-10-5-6-13-11(2)14(3,4)12-7-8-15(10,13)9-12/h10,12H,5-9H2,1-4H3/t10-,12+,15-/m1/s1. The summed E-state index contributed by atoms with van der Waals surface area (Å²) in [5.74, 6) is 1.94. The minimum absolute atomic E-state index is 0.499. The molecule has 2 bridgehead atoms. The molecule has 0 unspecified atom stereocenters. The zero-order chi connectivity index (χ0) is 10.8. The second-order valence-corrected chi connectivity index (χ2v) is 6.86. The SMILES string of the molecule is CC1=C2CC[C@@H](C)[C@]23CC[C@@H](C3)C1(C)C. The molecule has 3 rings (SSSR count). The van der Waals surface area contributed by atoms with Crippen molar-refractivity contribution in [1.82, 2.24) is 0 Å². The van der Waals surface area contributed by atoms with E-state index in [0.717, 1.165) is 11.8 Å². The second kappa shape index (κ2) is 2.70. The number of hydrogen-bond acceptors (Lipinski definition) is 0. The van der Waals surface area contributed by atoms with Crippen LogP contribution in [0.4, 0.5) is 0 Å². The van der Waals surface area contributed by atoms with Gasteiger partial charge in [0.25, 0.3) is 0 Å². The summed E-state index contributed by atoms with van der Waals surface area (Å²) in [5.41, 5.74) is 4.82. The van der Waals surface area contributed by atoms with Crippen LogP contribution in [0.25, 0.3) is 0 Å². The molecule has 0 nitrogen and oxygen atoms in total. The predicted octanol–water partition coefficient (Wildman–Crippen LogP) is 4.56. The Bertz CT molecular complexity index is 334. The van der Waals surface area contributed by atoms with Crippen LogP contribution >= 0.6 is 0 Å². The predicted molar refractivity (Wildman–Crippen MR) is 64.7 cm³/mol. The van der Waals surface area contributed by atoms with Crippen molar-refractivity contribution in [3.63, 3.8) is 0 Å². The summed E-state index contributed by atoms with van der Waals surface area (Å²) in [6.45, 7) is 9.90. The molecule has 1 spiro atoms. The maximum atomic E-state index is 2.50. The van der Waals surface area contributed by atoms with Crippen molar-refractivity contribution in [2.24, 2.45) is 22.7 Å². The van der Waals surface area contributed by atoms with Gasteiger partial charge in [0.05, 0.1) is 0 Å². The fourth-order valence-electron chi connectivity index (χ4n) is 4.85. The molecule has 0 heterocycles. The normalized spacial score (nSPS) is 47.2. The molecule has 0 aliphatic heterocycles. The van der Waals surface area contributed by atoms with Crippen molar-refractivity contribution in [3.05, 3.63) is 11.1 Å². The van der Waals surface area contributed by atoms with E-state index in [1.165, 1.54) is 32.1 Å². The van der Waals surface area contributed by atoms with E-state index >= 15 is 0 Å². The van der Waals surface area contributed by atoms with E-state index in [4.69, 9.17) is 0 Å². The molecule has 0 amide bonds. The summed E-state index contributed by atoms with van der Waals surface area (Å²) in [4.78, 5) is 0. The van der Waals surface area contributed by atoms with Crippen molar-refractivity contribution in [3.8, 4) is 0 Å². The van der Waals surface area contributed by atoms with E-state index in [1.807, 2.05) is 5.57 Å². The first-order valence-electron chi connectivity index (χ1n) is 6.69. The number of hydrogen-bond donors (Lipinski definition) is 0. The molecule has 0 radical (unpaired) electrons. The van der Waals surface area contributed by atoms with Gasteiger partial charge >= 0.3 is 0 Å². The van der Waals surface area contributed by atoms with Gasteiger partial charge in [-0.05, 0) is 61.7 Å². The second-order valence-electron chi connectivity index (χ2n) is 6.86. The molecule has 0 heteroatoms. The fraction of sp³-hybridized carbons (Fsp3) is 0.867. The van der Waals surface area contributed by atoms with Crippen LogP contribution < -0.4 is 0 Å². The van der Waals surface area contributed by atoms with Gasteiger partial charge in [-0.25, -0.2) is 0 Å². The van der Waals surface area contributed by atoms with Gasteiger partial charge in [0.15, 0.2) is 0 Å². The summed E-state index contributed by atoms with van der Waals surface area (Å²) in [7, 11) is 0. The van der Waals surface area contributed by atoms with Gasteiger partial charge < -0.3 is 0 Å². The lowest BCUT2D eigenvalue weighted by molar-refractivity contribution is 0.183. The molecule has 3 aliphatic carbocycles. The maximum absolute atomic E-state index is 2.50. The highest BCUT2D eigenvalue weighted by Gasteiger charge is 2.56. The Kier molecular flexibility index (Phi) is 1.79. The fourth-order valence-corrected chi connectivity index (χ4v) is 4.85. The third-order valence-electron chi connectivity index (χ3n) is 6.36. The lowest BCUT2D eigenvalue weighted by atomic mass is 9.61. The van der Waals surface area contributed by atoms with Gasteiger partial charge in [0.1, 0.15) is 0 Å². The Labute approximate surface area is 94.1 Å². The number of fused-ring (bicyclic) bond motifs is 1. The van der Waals surface area contributed by atoms with E-state index in [2.05, 4.69) is 27.7 Å². The molecule has 2 saturated carbocycles. The summed E-state index contributed by atoms with van der Waals surface area (Å²) >= 11 is 0. The smallest absolute Gasteiger partial charge is 0.00565 e. The van der Waals surface area contributed by atoms with Gasteiger partial charge in [0, 0.05) is 0 Å². The third kappa shape index (κ3) is 0.990. The minimum Gasteiger partial charge on any atom is -0.0676 e. The van der Waals surface area contributed by atoms with E-state index in [0.29, 0.717) is 10.8 Å². The molecular weight excluding hydrogens is 180 g/mol. The lowest BCUT2D eigenvalue weighted by Crippen LogP contribution is -2.34. The summed E-state index contributed by atoms with van der Waals surface area (Å²) < 4.78 is 0. The maximum Gasteiger partial charge on any atom is -0.00565 e. The summed E-state index contributed by atoms with van der Waals surface area (Å²) in [5, 5.41) is 0. The Hall–Kier alpha value is -0.260. The van der Waals surface area contributed by atoms with Gasteiger partial charge in [-0.15, -0.1) is 0 Å².